The molecule has 0 saturated heterocycles. The molecule has 0 aliphatic heterocycles. The zero-order chi connectivity index (χ0) is 23.8. The predicted octanol–water partition coefficient (Wildman–Crippen LogP) is 5.43. The summed E-state index contributed by atoms with van der Waals surface area (Å²) in [5, 5.41) is 15.2. The molecule has 2 heterocycles. The molecule has 10 nitrogen and oxygen atoms in total. The Morgan fingerprint density at radius 2 is 1.52 bits per heavy atom. The van der Waals surface area contributed by atoms with Gasteiger partial charge in [-0.15, -0.1) is 10.2 Å². The maximum absolute atomic E-state index is 13.6. The van der Waals surface area contributed by atoms with Crippen LogP contribution in [0, 0.1) is 6.92 Å². The first-order valence-corrected chi connectivity index (χ1v) is 12.2. The van der Waals surface area contributed by atoms with Crippen molar-refractivity contribution >= 4 is 11.5 Å². The molecule has 0 spiro atoms. The van der Waals surface area contributed by atoms with Crippen molar-refractivity contribution in [1.82, 2.24) is 19.3 Å². The van der Waals surface area contributed by atoms with Crippen LogP contribution < -0.4 is 16.1 Å². The second-order valence-corrected chi connectivity index (χ2v) is 8.42. The molecule has 2 aliphatic carbocycles. The van der Waals surface area contributed by atoms with Crippen LogP contribution in [0.15, 0.2) is 25.9 Å². The molecular formula is C23H36N6O4. The fourth-order valence-electron chi connectivity index (χ4n) is 4.73. The Balaban J connectivity index is 0.00000149. The van der Waals surface area contributed by atoms with Crippen LogP contribution in [0.4, 0.5) is 11.5 Å². The summed E-state index contributed by atoms with van der Waals surface area (Å²) in [5.74, 6) is 0.368. The summed E-state index contributed by atoms with van der Waals surface area (Å²) < 4.78 is 2.95. The molecule has 0 unspecified atom stereocenters. The van der Waals surface area contributed by atoms with Gasteiger partial charge in [0.2, 0.25) is 5.69 Å². The maximum Gasteiger partial charge on any atom is 0.334 e. The van der Waals surface area contributed by atoms with Crippen LogP contribution in [0.2, 0.25) is 0 Å². The van der Waals surface area contributed by atoms with Crippen LogP contribution in [0.3, 0.4) is 0 Å². The van der Waals surface area contributed by atoms with Gasteiger partial charge in [0.05, 0.1) is 7.11 Å². The summed E-state index contributed by atoms with van der Waals surface area (Å²) in [6, 6.07) is 1.52. The Kier molecular flexibility index (Phi) is 8.99. The van der Waals surface area contributed by atoms with E-state index in [-0.39, 0.29) is 29.3 Å². The predicted molar refractivity (Wildman–Crippen MR) is 126 cm³/mol. The summed E-state index contributed by atoms with van der Waals surface area (Å²) in [7, 11) is 1.35. The molecule has 0 amide bonds. The lowest BCUT2D eigenvalue weighted by Gasteiger charge is -2.29. The highest BCUT2D eigenvalue weighted by molar-refractivity contribution is 5.46. The molecule has 4 rings (SSSR count). The Morgan fingerprint density at radius 3 is 2.03 bits per heavy atom. The number of hydrogen-bond acceptors (Lipinski definition) is 7. The number of H-pyrrole nitrogens is 1. The van der Waals surface area contributed by atoms with Crippen molar-refractivity contribution in [3.63, 3.8) is 0 Å². The van der Waals surface area contributed by atoms with Gasteiger partial charge in [0.25, 0.3) is 11.4 Å². The number of aromatic nitrogens is 4. The van der Waals surface area contributed by atoms with Crippen LogP contribution in [0.5, 0.6) is 5.88 Å². The SMILES string of the molecule is CC.COOc1c(N=Nc2cc(C)[nH]n2)c(=O)n(C2CCCCC2)c(=O)n1C1CCCCC1. The Bertz CT molecular complexity index is 1040. The van der Waals surface area contributed by atoms with Crippen molar-refractivity contribution < 1.29 is 9.78 Å². The lowest BCUT2D eigenvalue weighted by molar-refractivity contribution is -0.185. The molecule has 2 aliphatic rings. The molecule has 0 bridgehead atoms. The van der Waals surface area contributed by atoms with Gasteiger partial charge in [-0.2, -0.15) is 9.99 Å². The molecule has 2 saturated carbocycles. The van der Waals surface area contributed by atoms with E-state index in [0.717, 1.165) is 69.9 Å². The first-order valence-electron chi connectivity index (χ1n) is 12.2. The van der Waals surface area contributed by atoms with Crippen LogP contribution >= 0.6 is 0 Å². The van der Waals surface area contributed by atoms with E-state index in [2.05, 4.69) is 20.4 Å². The van der Waals surface area contributed by atoms with Gasteiger partial charge in [-0.1, -0.05) is 52.4 Å². The lowest BCUT2D eigenvalue weighted by atomic mass is 9.94. The first-order chi connectivity index (χ1) is 16.1. The van der Waals surface area contributed by atoms with Crippen molar-refractivity contribution in [3.05, 3.63) is 32.6 Å². The first kappa shape index (κ1) is 24.9. The van der Waals surface area contributed by atoms with Crippen LogP contribution in [0.1, 0.15) is 95.8 Å². The van der Waals surface area contributed by atoms with Crippen LogP contribution in [-0.2, 0) is 4.89 Å². The molecule has 0 radical (unpaired) electrons. The minimum atomic E-state index is -0.494. The third-order valence-electron chi connectivity index (χ3n) is 6.24. The molecule has 2 aromatic heterocycles. The van der Waals surface area contributed by atoms with Gasteiger partial charge in [0.15, 0.2) is 5.82 Å². The Hall–Kier alpha value is -2.75. The summed E-state index contributed by atoms with van der Waals surface area (Å²) in [5.41, 5.74) is -0.0372. The van der Waals surface area contributed by atoms with E-state index in [1.807, 2.05) is 20.8 Å². The smallest absolute Gasteiger partial charge is 0.316 e. The van der Waals surface area contributed by atoms with E-state index >= 15 is 0 Å². The molecule has 10 heteroatoms. The van der Waals surface area contributed by atoms with Gasteiger partial charge >= 0.3 is 5.69 Å². The normalized spacial score (nSPS) is 17.7. The topological polar surface area (TPSA) is 116 Å². The Labute approximate surface area is 194 Å². The van der Waals surface area contributed by atoms with Crippen molar-refractivity contribution in [3.8, 4) is 5.88 Å². The highest BCUT2D eigenvalue weighted by Crippen LogP contribution is 2.35. The molecule has 0 aromatic carbocycles. The van der Waals surface area contributed by atoms with E-state index in [9.17, 15) is 9.59 Å². The minimum absolute atomic E-state index is 0.0208. The third kappa shape index (κ3) is 5.61. The number of hydrogen-bond donors (Lipinski definition) is 1. The lowest BCUT2D eigenvalue weighted by Crippen LogP contribution is -2.44. The summed E-state index contributed by atoms with van der Waals surface area (Å²) in [6.07, 6.45) is 9.61. The summed E-state index contributed by atoms with van der Waals surface area (Å²) >= 11 is 0. The molecule has 182 valence electrons. The van der Waals surface area contributed by atoms with Crippen molar-refractivity contribution in [2.24, 2.45) is 10.2 Å². The third-order valence-corrected chi connectivity index (χ3v) is 6.24. The van der Waals surface area contributed by atoms with Crippen LogP contribution in [-0.4, -0.2) is 26.4 Å². The molecular weight excluding hydrogens is 424 g/mol. The largest absolute Gasteiger partial charge is 0.334 e. The zero-order valence-corrected chi connectivity index (χ0v) is 20.2. The average Bonchev–Trinajstić information content (AvgIpc) is 3.27. The highest BCUT2D eigenvalue weighted by Gasteiger charge is 2.30. The maximum atomic E-state index is 13.6. The Morgan fingerprint density at radius 1 is 0.939 bits per heavy atom. The number of rotatable bonds is 6. The van der Waals surface area contributed by atoms with Crippen molar-refractivity contribution in [2.45, 2.75) is 97.1 Å². The monoisotopic (exact) mass is 460 g/mol. The number of azo groups is 1. The number of aryl methyl sites for hydroxylation is 1. The van der Waals surface area contributed by atoms with Gasteiger partial charge in [-0.05, 0) is 32.6 Å². The van der Waals surface area contributed by atoms with Crippen molar-refractivity contribution in [2.75, 3.05) is 7.11 Å². The molecule has 2 aromatic rings. The van der Waals surface area contributed by atoms with Crippen molar-refractivity contribution in [1.29, 1.82) is 0 Å². The van der Waals surface area contributed by atoms with Gasteiger partial charge in [0.1, 0.15) is 0 Å². The second kappa shape index (κ2) is 11.9. The quantitative estimate of drug-likeness (QED) is 0.350. The zero-order valence-electron chi connectivity index (χ0n) is 20.2. The van der Waals surface area contributed by atoms with Crippen LogP contribution in [0.25, 0.3) is 0 Å². The fourth-order valence-corrected chi connectivity index (χ4v) is 4.73. The molecule has 2 fully saturated rings. The number of aromatic amines is 1. The number of nitrogens with zero attached hydrogens (tertiary/aromatic N) is 5. The van der Waals surface area contributed by atoms with E-state index in [4.69, 9.17) is 9.78 Å². The number of nitrogens with one attached hydrogen (secondary N) is 1. The van der Waals surface area contributed by atoms with E-state index in [0.29, 0.717) is 5.82 Å². The molecule has 33 heavy (non-hydrogen) atoms. The molecule has 0 atom stereocenters. The molecule has 1 N–H and O–H groups in total. The van der Waals surface area contributed by atoms with Gasteiger partial charge in [-0.3, -0.25) is 19.0 Å². The van der Waals surface area contributed by atoms with E-state index in [1.54, 1.807) is 10.6 Å². The van der Waals surface area contributed by atoms with Gasteiger partial charge < -0.3 is 4.89 Å². The standard InChI is InChI=1S/C21H30N6O4.C2H6/c1-14-13-17(23-22-14)24-25-18-19(28)26(15-9-5-3-6-10-15)21(29)27(20(18)31-30-2)16-11-7-4-8-12-16;1-2/h13,15-16H,3-12H2,1-2H3,(H,22,23);1-2H3. The highest BCUT2D eigenvalue weighted by atomic mass is 17.2. The van der Waals surface area contributed by atoms with E-state index in [1.165, 1.54) is 11.7 Å². The minimum Gasteiger partial charge on any atom is -0.316 e. The fraction of sp³-hybridized carbons (Fsp3) is 0.696. The average molecular weight is 461 g/mol. The van der Waals surface area contributed by atoms with Gasteiger partial charge in [0, 0.05) is 23.8 Å². The summed E-state index contributed by atoms with van der Waals surface area (Å²) in [4.78, 5) is 37.4. The second-order valence-electron chi connectivity index (χ2n) is 8.42. The summed E-state index contributed by atoms with van der Waals surface area (Å²) in [6.45, 7) is 5.85. The van der Waals surface area contributed by atoms with Gasteiger partial charge in [-0.25, -0.2) is 4.79 Å². The van der Waals surface area contributed by atoms with E-state index < -0.39 is 5.56 Å².